The van der Waals surface area contributed by atoms with Crippen molar-refractivity contribution in [2.24, 2.45) is 0 Å². The van der Waals surface area contributed by atoms with Crippen molar-refractivity contribution in [1.29, 1.82) is 0 Å². The molecule has 38 heavy (non-hydrogen) atoms. The fourth-order valence-electron chi connectivity index (χ4n) is 4.83. The number of H-pyrrole nitrogens is 1. The molecule has 4 aromatic rings. The van der Waals surface area contributed by atoms with Gasteiger partial charge in [0.15, 0.2) is 10.6 Å². The predicted molar refractivity (Wildman–Crippen MR) is 142 cm³/mol. The zero-order valence-corrected chi connectivity index (χ0v) is 21.1. The van der Waals surface area contributed by atoms with Crippen molar-refractivity contribution < 1.29 is 13.3 Å². The predicted octanol–water partition coefficient (Wildman–Crippen LogP) is 4.69. The Hall–Kier alpha value is -4.53. The first kappa shape index (κ1) is 25.1. The molecule has 0 fully saturated rings. The van der Waals surface area contributed by atoms with Crippen LogP contribution in [0.4, 0.5) is 17.1 Å². The molecule has 10 nitrogen and oxygen atoms in total. The molecule has 1 aliphatic heterocycles. The third kappa shape index (κ3) is 5.00. The summed E-state index contributed by atoms with van der Waals surface area (Å²) in [5.41, 5.74) is 3.14. The second kappa shape index (κ2) is 10.5. The lowest BCUT2D eigenvalue weighted by molar-refractivity contribution is -0.387. The Kier molecular flexibility index (Phi) is 6.91. The van der Waals surface area contributed by atoms with Gasteiger partial charge in [-0.3, -0.25) is 10.1 Å². The van der Waals surface area contributed by atoms with E-state index in [9.17, 15) is 18.5 Å². The van der Waals surface area contributed by atoms with Crippen molar-refractivity contribution in [3.05, 3.63) is 124 Å². The van der Waals surface area contributed by atoms with Gasteiger partial charge in [-0.25, -0.2) is 18.2 Å². The molecule has 0 amide bonds. The van der Waals surface area contributed by atoms with Crippen molar-refractivity contribution in [1.82, 2.24) is 14.3 Å². The molecular formula is C27H24N6O4S. The number of hydrogen-bond acceptors (Lipinski definition) is 6. The van der Waals surface area contributed by atoms with Crippen molar-refractivity contribution in [3.8, 4) is 0 Å². The van der Waals surface area contributed by atoms with E-state index < -0.39 is 26.7 Å². The molecule has 0 aliphatic carbocycles. The van der Waals surface area contributed by atoms with Gasteiger partial charge in [-0.2, -0.15) is 4.31 Å². The Bertz CT molecular complexity index is 1600. The van der Waals surface area contributed by atoms with Gasteiger partial charge < -0.3 is 9.88 Å². The minimum absolute atomic E-state index is 0.0376. The summed E-state index contributed by atoms with van der Waals surface area (Å²) in [6, 6.07) is 19.6. The minimum Gasteiger partial charge on any atom is -0.364 e. The molecule has 0 saturated heterocycles. The Morgan fingerprint density at radius 2 is 1.87 bits per heavy atom. The van der Waals surface area contributed by atoms with E-state index in [1.807, 2.05) is 36.4 Å². The lowest BCUT2D eigenvalue weighted by Gasteiger charge is -2.32. The van der Waals surface area contributed by atoms with E-state index in [2.05, 4.69) is 19.7 Å². The van der Waals surface area contributed by atoms with E-state index in [4.69, 9.17) is 6.57 Å². The van der Waals surface area contributed by atoms with Gasteiger partial charge in [-0.1, -0.05) is 48.5 Å². The molecule has 3 aromatic carbocycles. The summed E-state index contributed by atoms with van der Waals surface area (Å²) < 4.78 is 29.7. The average Bonchev–Trinajstić information content (AvgIpc) is 3.39. The summed E-state index contributed by atoms with van der Waals surface area (Å²) in [6.07, 6.45) is 3.69. The Balaban J connectivity index is 1.66. The van der Waals surface area contributed by atoms with Gasteiger partial charge in [0, 0.05) is 37.1 Å². The SMILES string of the molecule is [C-]#[N+]c1ccc2c(c1)CN(S(=O)(=O)c1ccccc1[N+](=O)[O-])[C@H](Cc1ccccc1)CN2Cc1cnc[nH]1. The first-order chi connectivity index (χ1) is 18.4. The Labute approximate surface area is 220 Å². The number of anilines is 1. The molecule has 0 unspecified atom stereocenters. The molecule has 0 saturated carbocycles. The fourth-order valence-corrected chi connectivity index (χ4v) is 6.58. The van der Waals surface area contributed by atoms with E-state index in [0.717, 1.165) is 16.9 Å². The van der Waals surface area contributed by atoms with Gasteiger partial charge in [0.1, 0.15) is 0 Å². The third-order valence-corrected chi connectivity index (χ3v) is 8.52. The van der Waals surface area contributed by atoms with Crippen LogP contribution in [-0.4, -0.2) is 40.2 Å². The quantitative estimate of drug-likeness (QED) is 0.211. The number of nitro benzene ring substituents is 1. The summed E-state index contributed by atoms with van der Waals surface area (Å²) in [5.74, 6) is 0. The normalized spacial score (nSPS) is 15.9. The number of aromatic amines is 1. The van der Waals surface area contributed by atoms with Crippen LogP contribution in [0.2, 0.25) is 0 Å². The first-order valence-corrected chi connectivity index (χ1v) is 13.3. The van der Waals surface area contributed by atoms with Crippen LogP contribution in [0.15, 0.2) is 90.2 Å². The van der Waals surface area contributed by atoms with E-state index in [-0.39, 0.29) is 11.4 Å². The standard InChI is InChI=1S/C27H24N6O4S/c1-28-22-11-12-25-21(14-22)16-32(38(36,37)27-10-6-5-9-26(27)33(34)35)24(13-20-7-3-2-4-8-20)18-31(25)17-23-15-29-19-30-23/h2-12,14-15,19,24H,13,16-18H2,(H,29,30)/t24-/m1/s1. The zero-order valence-electron chi connectivity index (χ0n) is 20.3. The number of hydrogen-bond donors (Lipinski definition) is 1. The maximum atomic E-state index is 14.2. The average molecular weight is 529 g/mol. The Morgan fingerprint density at radius 3 is 2.58 bits per heavy atom. The number of para-hydroxylation sites is 1. The van der Waals surface area contributed by atoms with Crippen LogP contribution in [0, 0.1) is 16.7 Å². The van der Waals surface area contributed by atoms with E-state index in [0.29, 0.717) is 30.8 Å². The smallest absolute Gasteiger partial charge is 0.289 e. The largest absolute Gasteiger partial charge is 0.364 e. The molecule has 11 heteroatoms. The molecule has 0 radical (unpaired) electrons. The van der Waals surface area contributed by atoms with Crippen LogP contribution in [0.1, 0.15) is 16.8 Å². The molecule has 1 aliphatic rings. The van der Waals surface area contributed by atoms with Gasteiger partial charge in [0.05, 0.1) is 30.1 Å². The lowest BCUT2D eigenvalue weighted by atomic mass is 10.1. The van der Waals surface area contributed by atoms with Gasteiger partial charge >= 0.3 is 0 Å². The van der Waals surface area contributed by atoms with Gasteiger partial charge in [0.25, 0.3) is 15.7 Å². The maximum Gasteiger partial charge on any atom is 0.289 e. The highest BCUT2D eigenvalue weighted by molar-refractivity contribution is 7.89. The van der Waals surface area contributed by atoms with E-state index in [1.165, 1.54) is 28.6 Å². The third-order valence-electron chi connectivity index (χ3n) is 6.58. The molecule has 0 bridgehead atoms. The van der Waals surface area contributed by atoms with Crippen molar-refractivity contribution in [2.45, 2.75) is 30.4 Å². The number of sulfonamides is 1. The van der Waals surface area contributed by atoms with Gasteiger partial charge in [-0.05, 0) is 35.7 Å². The topological polar surface area (TPSA) is 117 Å². The maximum absolute atomic E-state index is 14.2. The highest BCUT2D eigenvalue weighted by atomic mass is 32.2. The molecule has 1 atom stereocenters. The van der Waals surface area contributed by atoms with Crippen LogP contribution in [0.3, 0.4) is 0 Å². The van der Waals surface area contributed by atoms with Crippen LogP contribution in [0.25, 0.3) is 4.85 Å². The number of aromatic nitrogens is 2. The van der Waals surface area contributed by atoms with Crippen molar-refractivity contribution in [3.63, 3.8) is 0 Å². The molecule has 0 spiro atoms. The van der Waals surface area contributed by atoms with Crippen LogP contribution < -0.4 is 4.90 Å². The second-order valence-electron chi connectivity index (χ2n) is 9.00. The van der Waals surface area contributed by atoms with Gasteiger partial charge in [0.2, 0.25) is 0 Å². The zero-order chi connectivity index (χ0) is 26.7. The number of benzene rings is 3. The summed E-state index contributed by atoms with van der Waals surface area (Å²) >= 11 is 0. The number of nitro groups is 1. The number of rotatable bonds is 7. The molecule has 5 rings (SSSR count). The molecule has 192 valence electrons. The van der Waals surface area contributed by atoms with Crippen molar-refractivity contribution in [2.75, 3.05) is 11.4 Å². The van der Waals surface area contributed by atoms with Gasteiger partial charge in [-0.15, -0.1) is 0 Å². The summed E-state index contributed by atoms with van der Waals surface area (Å²) in [7, 11) is -4.31. The number of imidazole rings is 1. The number of nitrogens with zero attached hydrogens (tertiary/aromatic N) is 5. The number of fused-ring (bicyclic) bond motifs is 1. The molecular weight excluding hydrogens is 504 g/mol. The Morgan fingerprint density at radius 1 is 1.11 bits per heavy atom. The molecule has 1 N–H and O–H groups in total. The lowest BCUT2D eigenvalue weighted by Crippen LogP contribution is -2.45. The highest BCUT2D eigenvalue weighted by Crippen LogP contribution is 2.36. The highest BCUT2D eigenvalue weighted by Gasteiger charge is 2.39. The van der Waals surface area contributed by atoms with Crippen LogP contribution >= 0.6 is 0 Å². The fraction of sp³-hybridized carbons (Fsp3) is 0.185. The summed E-state index contributed by atoms with van der Waals surface area (Å²) in [6.45, 7) is 8.21. The van der Waals surface area contributed by atoms with E-state index in [1.54, 1.807) is 24.7 Å². The molecule has 2 heterocycles. The molecule has 1 aromatic heterocycles. The van der Waals surface area contributed by atoms with Crippen LogP contribution in [-0.2, 0) is 29.5 Å². The second-order valence-corrected chi connectivity index (χ2v) is 10.9. The first-order valence-electron chi connectivity index (χ1n) is 11.9. The summed E-state index contributed by atoms with van der Waals surface area (Å²) in [5, 5.41) is 11.8. The minimum atomic E-state index is -4.31. The van der Waals surface area contributed by atoms with Crippen molar-refractivity contribution >= 4 is 27.1 Å². The van der Waals surface area contributed by atoms with E-state index >= 15 is 0 Å². The monoisotopic (exact) mass is 528 g/mol. The number of nitrogens with one attached hydrogen (secondary N) is 1. The van der Waals surface area contributed by atoms with Crippen LogP contribution in [0.5, 0.6) is 0 Å². The summed E-state index contributed by atoms with van der Waals surface area (Å²) in [4.78, 5) is 23.6.